The Morgan fingerprint density at radius 3 is 2.29 bits per heavy atom. The van der Waals surface area contributed by atoms with E-state index in [1.807, 2.05) is 0 Å². The van der Waals surface area contributed by atoms with E-state index < -0.39 is 17.5 Å². The summed E-state index contributed by atoms with van der Waals surface area (Å²) in [7, 11) is 0. The Labute approximate surface area is 95.3 Å². The van der Waals surface area contributed by atoms with Gasteiger partial charge in [0.2, 0.25) is 0 Å². The highest BCUT2D eigenvalue weighted by atomic mass is 19.2. The van der Waals surface area contributed by atoms with E-state index in [1.54, 1.807) is 30.3 Å². The smallest absolute Gasteiger partial charge is 0.167 e. The molecule has 0 aliphatic heterocycles. The maximum atomic E-state index is 13.8. The van der Waals surface area contributed by atoms with E-state index in [2.05, 4.69) is 0 Å². The lowest BCUT2D eigenvalue weighted by atomic mass is 10.0. The van der Waals surface area contributed by atoms with Gasteiger partial charge in [-0.3, -0.25) is 0 Å². The third-order valence-corrected chi connectivity index (χ3v) is 2.87. The van der Waals surface area contributed by atoms with Crippen molar-refractivity contribution in [2.75, 3.05) is 0 Å². The minimum atomic E-state index is -1.16. The number of halogens is 3. The Bertz CT molecular complexity index is 732. The summed E-state index contributed by atoms with van der Waals surface area (Å²) in [5, 5.41) is 1.37. The summed E-state index contributed by atoms with van der Waals surface area (Å²) in [6, 6.07) is 10.7. The van der Waals surface area contributed by atoms with Gasteiger partial charge in [-0.05, 0) is 10.8 Å². The molecule has 84 valence electrons. The Balaban J connectivity index is 2.65. The molecule has 3 aromatic rings. The summed E-state index contributed by atoms with van der Waals surface area (Å²) >= 11 is 0. The topological polar surface area (TPSA) is 0 Å². The van der Waals surface area contributed by atoms with Crippen molar-refractivity contribution in [2.24, 2.45) is 0 Å². The second-order valence-corrected chi connectivity index (χ2v) is 3.86. The molecular weight excluding hydrogens is 225 g/mol. The normalized spacial score (nSPS) is 11.2. The third kappa shape index (κ3) is 1.39. The second-order valence-electron chi connectivity index (χ2n) is 3.86. The molecule has 0 aliphatic carbocycles. The number of hydrogen-bond acceptors (Lipinski definition) is 0. The van der Waals surface area contributed by atoms with Crippen LogP contribution in [-0.4, -0.2) is 0 Å². The molecule has 3 heteroatoms. The van der Waals surface area contributed by atoms with Gasteiger partial charge >= 0.3 is 0 Å². The molecule has 0 unspecified atom stereocenters. The lowest BCUT2D eigenvalue weighted by molar-refractivity contribution is 0.506. The molecule has 0 amide bonds. The van der Waals surface area contributed by atoms with E-state index in [9.17, 15) is 13.2 Å². The van der Waals surface area contributed by atoms with Crippen LogP contribution < -0.4 is 0 Å². The minimum absolute atomic E-state index is 0.000556. The highest BCUT2D eigenvalue weighted by Crippen LogP contribution is 2.30. The van der Waals surface area contributed by atoms with Crippen LogP contribution in [0.2, 0.25) is 0 Å². The maximum absolute atomic E-state index is 13.8. The highest BCUT2D eigenvalue weighted by Gasteiger charge is 2.14. The molecule has 0 aliphatic rings. The zero-order chi connectivity index (χ0) is 12.0. The molecule has 0 radical (unpaired) electrons. The van der Waals surface area contributed by atoms with Gasteiger partial charge in [0.15, 0.2) is 11.6 Å². The zero-order valence-electron chi connectivity index (χ0n) is 8.68. The first-order valence-electron chi connectivity index (χ1n) is 5.13. The van der Waals surface area contributed by atoms with Crippen molar-refractivity contribution in [3.05, 3.63) is 59.9 Å². The van der Waals surface area contributed by atoms with Crippen LogP contribution in [0.3, 0.4) is 0 Å². The van der Waals surface area contributed by atoms with E-state index in [-0.39, 0.29) is 10.8 Å². The molecule has 0 heterocycles. The lowest BCUT2D eigenvalue weighted by Gasteiger charge is -2.06. The quantitative estimate of drug-likeness (QED) is 0.398. The summed E-state index contributed by atoms with van der Waals surface area (Å²) < 4.78 is 40.5. The summed E-state index contributed by atoms with van der Waals surface area (Å²) in [6.07, 6.45) is 0. The van der Waals surface area contributed by atoms with E-state index in [0.29, 0.717) is 11.5 Å². The standard InChI is InChI=1S/C14H7F3/c15-11-7-12(16)14(17)13-9-4-2-1-3-8(9)5-6-10(11)13/h1-7H. The van der Waals surface area contributed by atoms with Crippen LogP contribution in [0.25, 0.3) is 21.5 Å². The van der Waals surface area contributed by atoms with Gasteiger partial charge in [0, 0.05) is 16.8 Å². The third-order valence-electron chi connectivity index (χ3n) is 2.87. The Hall–Kier alpha value is -2.03. The summed E-state index contributed by atoms with van der Waals surface area (Å²) in [4.78, 5) is 0. The van der Waals surface area contributed by atoms with Crippen LogP contribution in [0.5, 0.6) is 0 Å². The highest BCUT2D eigenvalue weighted by molar-refractivity contribution is 6.07. The molecule has 0 fully saturated rings. The summed E-state index contributed by atoms with van der Waals surface area (Å²) in [6.45, 7) is 0. The monoisotopic (exact) mass is 232 g/mol. The average Bonchev–Trinajstić information content (AvgIpc) is 2.35. The van der Waals surface area contributed by atoms with Crippen LogP contribution in [-0.2, 0) is 0 Å². The van der Waals surface area contributed by atoms with Crippen molar-refractivity contribution < 1.29 is 13.2 Å². The molecule has 0 atom stereocenters. The van der Waals surface area contributed by atoms with Gasteiger partial charge < -0.3 is 0 Å². The molecule has 17 heavy (non-hydrogen) atoms. The lowest BCUT2D eigenvalue weighted by Crippen LogP contribution is -1.91. The van der Waals surface area contributed by atoms with Crippen molar-refractivity contribution in [1.82, 2.24) is 0 Å². The molecule has 3 rings (SSSR count). The molecule has 0 nitrogen and oxygen atoms in total. The maximum Gasteiger partial charge on any atom is 0.167 e. The average molecular weight is 232 g/mol. The van der Waals surface area contributed by atoms with Gasteiger partial charge in [-0.2, -0.15) is 0 Å². The molecule has 0 bridgehead atoms. The predicted molar refractivity (Wildman–Crippen MR) is 61.3 cm³/mol. The molecule has 0 N–H and O–H groups in total. The summed E-state index contributed by atoms with van der Waals surface area (Å²) in [5.74, 6) is -2.91. The number of fused-ring (bicyclic) bond motifs is 3. The van der Waals surface area contributed by atoms with Gasteiger partial charge in [-0.15, -0.1) is 0 Å². The molecule has 0 saturated heterocycles. The van der Waals surface area contributed by atoms with Crippen molar-refractivity contribution in [1.29, 1.82) is 0 Å². The number of hydrogen-bond donors (Lipinski definition) is 0. The Morgan fingerprint density at radius 2 is 1.47 bits per heavy atom. The minimum Gasteiger partial charge on any atom is -0.206 e. The fourth-order valence-corrected chi connectivity index (χ4v) is 2.08. The number of benzene rings is 3. The van der Waals surface area contributed by atoms with E-state index in [4.69, 9.17) is 0 Å². The first-order valence-corrected chi connectivity index (χ1v) is 5.13. The molecule has 3 aromatic carbocycles. The van der Waals surface area contributed by atoms with Crippen LogP contribution >= 0.6 is 0 Å². The van der Waals surface area contributed by atoms with Crippen LogP contribution in [0.1, 0.15) is 0 Å². The fraction of sp³-hybridized carbons (Fsp3) is 0. The Morgan fingerprint density at radius 1 is 0.706 bits per heavy atom. The second kappa shape index (κ2) is 3.48. The molecule has 0 aromatic heterocycles. The van der Waals surface area contributed by atoms with E-state index in [1.165, 1.54) is 6.07 Å². The van der Waals surface area contributed by atoms with Crippen LogP contribution in [0, 0.1) is 17.5 Å². The van der Waals surface area contributed by atoms with Gasteiger partial charge in [0.05, 0.1) is 0 Å². The number of rotatable bonds is 0. The van der Waals surface area contributed by atoms with Gasteiger partial charge in [-0.25, -0.2) is 13.2 Å². The van der Waals surface area contributed by atoms with E-state index >= 15 is 0 Å². The van der Waals surface area contributed by atoms with Crippen molar-refractivity contribution in [3.63, 3.8) is 0 Å². The largest absolute Gasteiger partial charge is 0.206 e. The van der Waals surface area contributed by atoms with Crippen molar-refractivity contribution in [3.8, 4) is 0 Å². The molecule has 0 saturated carbocycles. The van der Waals surface area contributed by atoms with Gasteiger partial charge in [-0.1, -0.05) is 36.4 Å². The molecular formula is C14H7F3. The SMILES string of the molecule is Fc1cc(F)c2ccc3ccccc3c2c1F. The molecule has 0 spiro atoms. The first-order chi connectivity index (χ1) is 8.18. The van der Waals surface area contributed by atoms with Crippen molar-refractivity contribution in [2.45, 2.75) is 0 Å². The fourth-order valence-electron chi connectivity index (χ4n) is 2.08. The summed E-state index contributed by atoms with van der Waals surface area (Å²) in [5.41, 5.74) is 0. The Kier molecular flexibility index (Phi) is 2.08. The van der Waals surface area contributed by atoms with E-state index in [0.717, 1.165) is 5.39 Å². The van der Waals surface area contributed by atoms with Crippen LogP contribution in [0.4, 0.5) is 13.2 Å². The van der Waals surface area contributed by atoms with Crippen molar-refractivity contribution >= 4 is 21.5 Å². The predicted octanol–water partition coefficient (Wildman–Crippen LogP) is 4.41. The first kappa shape index (κ1) is 10.1. The van der Waals surface area contributed by atoms with Gasteiger partial charge in [0.25, 0.3) is 0 Å². The van der Waals surface area contributed by atoms with Crippen LogP contribution in [0.15, 0.2) is 42.5 Å². The van der Waals surface area contributed by atoms with Gasteiger partial charge in [0.1, 0.15) is 5.82 Å². The zero-order valence-corrected chi connectivity index (χ0v) is 8.68.